The zero-order valence-electron chi connectivity index (χ0n) is 32.9. The number of hydrogen-bond acceptors (Lipinski definition) is 2. The van der Waals surface area contributed by atoms with Gasteiger partial charge in [0.15, 0.2) is 0 Å². The van der Waals surface area contributed by atoms with E-state index in [-0.39, 0.29) is 17.9 Å². The zero-order chi connectivity index (χ0) is 39.3. The van der Waals surface area contributed by atoms with Crippen LogP contribution in [0.15, 0.2) is 199 Å². The first-order valence-corrected chi connectivity index (χ1v) is 21.2. The number of aryl methyl sites for hydroxylation is 1. The highest BCUT2D eigenvalue weighted by molar-refractivity contribution is 6.17. The first-order chi connectivity index (χ1) is 29.8. The molecule has 0 spiro atoms. The minimum atomic E-state index is -0.0989. The van der Waals surface area contributed by atoms with Gasteiger partial charge in [0.05, 0.1) is 11.0 Å². The van der Waals surface area contributed by atoms with E-state index >= 15 is 0 Å². The molecule has 0 radical (unpaired) electrons. The molecular formula is C57H39NO2. The molecule has 3 atom stereocenters. The minimum Gasteiger partial charge on any atom is -0.484 e. The third-order valence-electron chi connectivity index (χ3n) is 13.4. The van der Waals surface area contributed by atoms with Gasteiger partial charge in [-0.15, -0.1) is 0 Å². The summed E-state index contributed by atoms with van der Waals surface area (Å²) in [5.74, 6) is 1.15. The summed E-state index contributed by atoms with van der Waals surface area (Å²) in [5, 5.41) is 4.88. The number of benzene rings is 8. The highest BCUT2D eigenvalue weighted by atomic mass is 16.5. The third kappa shape index (κ3) is 4.96. The van der Waals surface area contributed by atoms with Gasteiger partial charge in [-0.05, 0) is 99.8 Å². The van der Waals surface area contributed by atoms with E-state index in [0.717, 1.165) is 46.2 Å². The molecule has 2 aromatic heterocycles. The molecule has 3 heterocycles. The van der Waals surface area contributed by atoms with Gasteiger partial charge in [-0.2, -0.15) is 0 Å². The second-order valence-corrected chi connectivity index (χ2v) is 16.6. The van der Waals surface area contributed by atoms with E-state index in [1.54, 1.807) is 0 Å². The van der Waals surface area contributed by atoms with Crippen molar-refractivity contribution in [1.82, 2.24) is 4.57 Å². The molecule has 1 aliphatic heterocycles. The Morgan fingerprint density at radius 1 is 0.550 bits per heavy atom. The number of nitrogens with zero attached hydrogens (tertiary/aromatic N) is 1. The van der Waals surface area contributed by atoms with Gasteiger partial charge in [0.2, 0.25) is 0 Å². The van der Waals surface area contributed by atoms with Crippen molar-refractivity contribution in [3.8, 4) is 33.7 Å². The molecule has 2 aliphatic carbocycles. The predicted octanol–water partition coefficient (Wildman–Crippen LogP) is 14.6. The van der Waals surface area contributed by atoms with Crippen molar-refractivity contribution in [1.29, 1.82) is 0 Å². The molecule has 8 aromatic carbocycles. The van der Waals surface area contributed by atoms with E-state index < -0.39 is 0 Å². The molecular weight excluding hydrogens is 731 g/mol. The van der Waals surface area contributed by atoms with Crippen LogP contribution < -0.4 is 4.74 Å². The maximum atomic E-state index is 6.88. The number of hydrogen-bond donors (Lipinski definition) is 0. The van der Waals surface area contributed by atoms with Crippen LogP contribution in [0.5, 0.6) is 5.75 Å². The van der Waals surface area contributed by atoms with Crippen LogP contribution in [-0.4, -0.2) is 10.7 Å². The summed E-state index contributed by atoms with van der Waals surface area (Å²) in [5.41, 5.74) is 18.3. The van der Waals surface area contributed by atoms with Crippen molar-refractivity contribution in [3.63, 3.8) is 0 Å². The average Bonchev–Trinajstić information content (AvgIpc) is 3.95. The zero-order valence-corrected chi connectivity index (χ0v) is 32.9. The maximum Gasteiger partial charge on any atom is 0.135 e. The van der Waals surface area contributed by atoms with Crippen molar-refractivity contribution in [3.05, 3.63) is 222 Å². The summed E-state index contributed by atoms with van der Waals surface area (Å²) >= 11 is 0. The Morgan fingerprint density at radius 3 is 2.30 bits per heavy atom. The first-order valence-electron chi connectivity index (χ1n) is 21.2. The van der Waals surface area contributed by atoms with Crippen LogP contribution in [0.25, 0.3) is 77.3 Å². The molecule has 0 amide bonds. The van der Waals surface area contributed by atoms with Gasteiger partial charge in [0.25, 0.3) is 0 Å². The van der Waals surface area contributed by atoms with Gasteiger partial charge >= 0.3 is 0 Å². The van der Waals surface area contributed by atoms with Crippen LogP contribution in [0, 0.1) is 0 Å². The molecule has 3 aliphatic rings. The number of rotatable bonds is 4. The lowest BCUT2D eigenvalue weighted by molar-refractivity contribution is 0.258. The fraction of sp³-hybridized carbons (Fsp3) is 0.0877. The van der Waals surface area contributed by atoms with Crippen molar-refractivity contribution < 1.29 is 9.15 Å². The number of fused-ring (bicyclic) bond motifs is 13. The SMILES string of the molecule is C1=CC(c2cccc3c2-c2c(ccc4c2c2ccccc2n4-c2cccc(-c4ccccc4)c2)C(c2ccc4c(c2)oc2ccccc24)CC3)C2Oc3ccccc3C2=C1. The lowest BCUT2D eigenvalue weighted by atomic mass is 9.78. The van der Waals surface area contributed by atoms with Gasteiger partial charge in [-0.1, -0.05) is 152 Å². The number of para-hydroxylation sites is 3. The van der Waals surface area contributed by atoms with Crippen LogP contribution in [0.1, 0.15) is 46.1 Å². The second kappa shape index (κ2) is 13.1. The summed E-state index contributed by atoms with van der Waals surface area (Å²) in [6.45, 7) is 0. The Morgan fingerprint density at radius 2 is 1.35 bits per heavy atom. The molecule has 284 valence electrons. The van der Waals surface area contributed by atoms with E-state index in [1.165, 1.54) is 77.5 Å². The molecule has 13 rings (SSSR count). The fourth-order valence-corrected chi connectivity index (χ4v) is 10.8. The summed E-state index contributed by atoms with van der Waals surface area (Å²) in [6.07, 6.45) is 8.70. The van der Waals surface area contributed by atoms with E-state index in [9.17, 15) is 0 Å². The van der Waals surface area contributed by atoms with Crippen molar-refractivity contribution in [2.45, 2.75) is 30.8 Å². The van der Waals surface area contributed by atoms with Crippen LogP contribution in [0.4, 0.5) is 0 Å². The molecule has 0 N–H and O–H groups in total. The molecule has 3 unspecified atom stereocenters. The van der Waals surface area contributed by atoms with Crippen molar-refractivity contribution in [2.75, 3.05) is 0 Å². The van der Waals surface area contributed by atoms with Crippen LogP contribution in [0.2, 0.25) is 0 Å². The molecule has 3 heteroatoms. The second-order valence-electron chi connectivity index (χ2n) is 16.6. The van der Waals surface area contributed by atoms with Gasteiger partial charge in [0, 0.05) is 50.2 Å². The monoisotopic (exact) mass is 769 g/mol. The van der Waals surface area contributed by atoms with Gasteiger partial charge in [-0.3, -0.25) is 0 Å². The van der Waals surface area contributed by atoms with Crippen LogP contribution >= 0.6 is 0 Å². The predicted molar refractivity (Wildman–Crippen MR) is 246 cm³/mol. The molecule has 10 aromatic rings. The lowest BCUT2D eigenvalue weighted by Crippen LogP contribution is -2.23. The highest BCUT2D eigenvalue weighted by Crippen LogP contribution is 2.53. The van der Waals surface area contributed by atoms with Crippen LogP contribution in [-0.2, 0) is 6.42 Å². The van der Waals surface area contributed by atoms with Gasteiger partial charge in [-0.25, -0.2) is 0 Å². The molecule has 3 nitrogen and oxygen atoms in total. The van der Waals surface area contributed by atoms with E-state index in [2.05, 4.69) is 199 Å². The average molecular weight is 770 g/mol. The van der Waals surface area contributed by atoms with Crippen molar-refractivity contribution >= 4 is 49.3 Å². The van der Waals surface area contributed by atoms with Crippen LogP contribution in [0.3, 0.4) is 0 Å². The normalized spacial score (nSPS) is 17.9. The smallest absolute Gasteiger partial charge is 0.135 e. The summed E-state index contributed by atoms with van der Waals surface area (Å²) in [4.78, 5) is 0. The Kier molecular flexibility index (Phi) is 7.32. The number of aromatic nitrogens is 1. The van der Waals surface area contributed by atoms with Crippen molar-refractivity contribution in [2.24, 2.45) is 0 Å². The van der Waals surface area contributed by atoms with Gasteiger partial charge < -0.3 is 13.7 Å². The maximum absolute atomic E-state index is 6.88. The Bertz CT molecular complexity index is 3430. The molecule has 0 saturated carbocycles. The number of ether oxygens (including phenoxy) is 1. The molecule has 0 fully saturated rings. The molecule has 0 saturated heterocycles. The molecule has 60 heavy (non-hydrogen) atoms. The number of furan rings is 1. The van der Waals surface area contributed by atoms with E-state index in [4.69, 9.17) is 9.15 Å². The van der Waals surface area contributed by atoms with Gasteiger partial charge in [0.1, 0.15) is 23.0 Å². The summed E-state index contributed by atoms with van der Waals surface area (Å²) in [7, 11) is 0. The topological polar surface area (TPSA) is 27.3 Å². The lowest BCUT2D eigenvalue weighted by Gasteiger charge is -2.28. The first kappa shape index (κ1) is 33.6. The largest absolute Gasteiger partial charge is 0.484 e. The fourth-order valence-electron chi connectivity index (χ4n) is 10.8. The Labute approximate surface area is 348 Å². The van der Waals surface area contributed by atoms with E-state index in [1.807, 2.05) is 0 Å². The quantitative estimate of drug-likeness (QED) is 0.178. The molecule has 0 bridgehead atoms. The Balaban J connectivity index is 1.08. The third-order valence-corrected chi connectivity index (χ3v) is 13.4. The highest BCUT2D eigenvalue weighted by Gasteiger charge is 2.39. The summed E-state index contributed by atoms with van der Waals surface area (Å²) < 4.78 is 15.9. The van der Waals surface area contributed by atoms with E-state index in [0.29, 0.717) is 0 Å². The standard InChI is InChI=1S/C57H39NO2/c1-2-13-35(14-3-1)37-16-10-17-39(33-37)58-49-24-7-4-20-48(49)55-50(58)32-31-45-40(38-28-30-43-41-18-5-8-25-51(41)59-53(43)34-38)29-27-36-15-11-21-44(54(36)56(45)55)47-23-12-22-46-42-19-6-9-26-52(42)60-57(46)47/h1-26,28,30-34,40,47,57H,27,29H2. The summed E-state index contributed by atoms with van der Waals surface area (Å²) in [6, 6.07) is 64.4. The minimum absolute atomic E-state index is 0.0369. The number of allylic oxidation sites excluding steroid dienone is 2. The Hall–Kier alpha value is -7.36.